The van der Waals surface area contributed by atoms with E-state index in [0.717, 1.165) is 25.1 Å². The molecule has 0 spiro atoms. The van der Waals surface area contributed by atoms with Gasteiger partial charge in [-0.15, -0.1) is 32.4 Å². The van der Waals surface area contributed by atoms with Gasteiger partial charge in [-0.2, -0.15) is 0 Å². The van der Waals surface area contributed by atoms with Crippen LogP contribution in [0, 0.1) is 0 Å². The number of anilines is 1. The number of halogens is 2. The van der Waals surface area contributed by atoms with Crippen LogP contribution in [0.1, 0.15) is 26.2 Å². The molecule has 0 saturated heterocycles. The number of hydrogen-bond acceptors (Lipinski definition) is 1. The molecule has 2 aromatic rings. The second-order valence-electron chi connectivity index (χ2n) is 5.96. The third-order valence-corrected chi connectivity index (χ3v) is 4.61. The van der Waals surface area contributed by atoms with E-state index in [1.54, 1.807) is 0 Å². The topological polar surface area (TPSA) is 3.24 Å². The number of rotatable bonds is 6. The van der Waals surface area contributed by atoms with E-state index >= 15 is 0 Å². The van der Waals surface area contributed by atoms with Crippen molar-refractivity contribution in [3.8, 4) is 11.1 Å². The van der Waals surface area contributed by atoms with Gasteiger partial charge in [0.15, 0.2) is 0 Å². The van der Waals surface area contributed by atoms with Crippen LogP contribution in [0.25, 0.3) is 11.1 Å². The highest BCUT2D eigenvalue weighted by Gasteiger charge is 2.07. The van der Waals surface area contributed by atoms with E-state index in [-0.39, 0.29) is 0 Å². The lowest BCUT2D eigenvalue weighted by Gasteiger charge is -2.18. The Hall–Kier alpha value is -0.750. The summed E-state index contributed by atoms with van der Waals surface area (Å²) in [5, 5.41) is 1.55. The van der Waals surface area contributed by atoms with E-state index in [1.165, 1.54) is 22.1 Å². The molecule has 2 atom stereocenters. The molecule has 1 nitrogen and oxygen atoms in total. The van der Waals surface area contributed by atoms with E-state index in [0.29, 0.717) is 5.38 Å². The minimum Gasteiger partial charge on any atom is -0.377 e. The molecule has 0 aliphatic carbocycles. The molecule has 0 N–H and O–H groups in total. The molecule has 0 aromatic heterocycles. The quantitative estimate of drug-likeness (QED) is 0.338. The van der Waals surface area contributed by atoms with E-state index in [1.807, 2.05) is 6.92 Å². The lowest BCUT2D eigenvalue weighted by atomic mass is 10.0. The van der Waals surface area contributed by atoms with Crippen molar-refractivity contribution in [3.63, 3.8) is 0 Å². The average Bonchev–Trinajstić information content (AvgIpc) is 2.56. The van der Waals surface area contributed by atoms with Crippen molar-refractivity contribution < 1.29 is 0 Å². The highest BCUT2D eigenvalue weighted by atomic mass is 35.5. The number of alkyl halides is 2. The third kappa shape index (κ3) is 7.43. The Kier molecular flexibility index (Phi) is 10.4. The normalized spacial score (nSPS) is 11.4. The van der Waals surface area contributed by atoms with Crippen LogP contribution in [-0.2, 0) is 0 Å². The SMILES string of the molecule is CC(Cl)CCCCCl.CN(C)c1ccccc1-c1ccccc1P. The zero-order valence-corrected chi connectivity index (χ0v) is 17.5. The van der Waals surface area contributed by atoms with E-state index in [4.69, 9.17) is 23.2 Å². The van der Waals surface area contributed by atoms with Gasteiger partial charge in [-0.1, -0.05) is 48.9 Å². The summed E-state index contributed by atoms with van der Waals surface area (Å²) in [6, 6.07) is 16.9. The van der Waals surface area contributed by atoms with Gasteiger partial charge < -0.3 is 4.90 Å². The van der Waals surface area contributed by atoms with Gasteiger partial charge in [0.1, 0.15) is 0 Å². The van der Waals surface area contributed by atoms with Crippen molar-refractivity contribution in [2.45, 2.75) is 31.6 Å². The third-order valence-electron chi connectivity index (χ3n) is 3.62. The summed E-state index contributed by atoms with van der Waals surface area (Å²) in [5.74, 6) is 0.767. The summed E-state index contributed by atoms with van der Waals surface area (Å²) in [7, 11) is 6.94. The van der Waals surface area contributed by atoms with Crippen molar-refractivity contribution in [2.75, 3.05) is 24.9 Å². The number of nitrogens with zero attached hydrogens (tertiary/aromatic N) is 1. The Balaban J connectivity index is 0.000000307. The summed E-state index contributed by atoms with van der Waals surface area (Å²) < 4.78 is 0. The van der Waals surface area contributed by atoms with E-state index < -0.39 is 0 Å². The highest BCUT2D eigenvalue weighted by Crippen LogP contribution is 2.29. The highest BCUT2D eigenvalue weighted by molar-refractivity contribution is 7.28. The monoisotopic (exact) mass is 383 g/mol. The first-order valence-electron chi connectivity index (χ1n) is 8.28. The van der Waals surface area contributed by atoms with Crippen LogP contribution in [0.2, 0.25) is 0 Å². The van der Waals surface area contributed by atoms with Crippen LogP contribution >= 0.6 is 32.4 Å². The molecule has 4 heteroatoms. The first kappa shape index (κ1) is 21.3. The summed E-state index contributed by atoms with van der Waals surface area (Å²) in [4.78, 5) is 2.15. The van der Waals surface area contributed by atoms with Gasteiger partial charge in [0.2, 0.25) is 0 Å². The Morgan fingerprint density at radius 1 is 0.958 bits per heavy atom. The molecule has 0 bridgehead atoms. The Bertz CT molecular complexity index is 600. The van der Waals surface area contributed by atoms with Crippen LogP contribution < -0.4 is 10.2 Å². The molecular weight excluding hydrogens is 356 g/mol. The first-order valence-corrected chi connectivity index (χ1v) is 9.83. The van der Waals surface area contributed by atoms with E-state index in [2.05, 4.69) is 76.8 Å². The van der Waals surface area contributed by atoms with Gasteiger partial charge in [0.25, 0.3) is 0 Å². The van der Waals surface area contributed by atoms with Gasteiger partial charge in [-0.25, -0.2) is 0 Å². The predicted molar refractivity (Wildman–Crippen MR) is 115 cm³/mol. The summed E-state index contributed by atoms with van der Waals surface area (Å²) in [6.07, 6.45) is 3.35. The number of para-hydroxylation sites is 1. The maximum absolute atomic E-state index is 5.67. The molecule has 0 amide bonds. The smallest absolute Gasteiger partial charge is 0.0440 e. The predicted octanol–water partition coefficient (Wildman–Crippen LogP) is 5.94. The van der Waals surface area contributed by atoms with Gasteiger partial charge in [-0.3, -0.25) is 0 Å². The second-order valence-corrected chi connectivity index (χ2v) is 7.71. The van der Waals surface area contributed by atoms with Crippen LogP contribution in [0.4, 0.5) is 5.69 Å². The van der Waals surface area contributed by atoms with Crippen LogP contribution in [0.5, 0.6) is 0 Å². The molecule has 2 aromatic carbocycles. The molecule has 0 aliphatic heterocycles. The van der Waals surface area contributed by atoms with Crippen LogP contribution in [0.3, 0.4) is 0 Å². The fourth-order valence-corrected chi connectivity index (χ4v) is 3.06. The molecule has 0 saturated carbocycles. The van der Waals surface area contributed by atoms with E-state index in [9.17, 15) is 0 Å². The Labute approximate surface area is 159 Å². The maximum atomic E-state index is 5.67. The molecule has 0 radical (unpaired) electrons. The van der Waals surface area contributed by atoms with Crippen molar-refractivity contribution in [1.82, 2.24) is 0 Å². The number of hydrogen-bond donors (Lipinski definition) is 0. The zero-order chi connectivity index (χ0) is 17.9. The van der Waals surface area contributed by atoms with Crippen molar-refractivity contribution >= 4 is 43.4 Å². The van der Waals surface area contributed by atoms with Crippen molar-refractivity contribution in [3.05, 3.63) is 48.5 Å². The summed E-state index contributed by atoms with van der Waals surface area (Å²) >= 11 is 11.1. The van der Waals surface area contributed by atoms with Crippen LogP contribution in [-0.4, -0.2) is 25.4 Å². The number of unbranched alkanes of at least 4 members (excludes halogenated alkanes) is 1. The summed E-state index contributed by atoms with van der Waals surface area (Å²) in [5.41, 5.74) is 3.80. The Morgan fingerprint density at radius 3 is 2.08 bits per heavy atom. The van der Waals surface area contributed by atoms with Crippen LogP contribution in [0.15, 0.2) is 48.5 Å². The largest absolute Gasteiger partial charge is 0.377 e. The molecule has 24 heavy (non-hydrogen) atoms. The van der Waals surface area contributed by atoms with Gasteiger partial charge in [-0.05, 0) is 36.7 Å². The summed E-state index contributed by atoms with van der Waals surface area (Å²) in [6.45, 7) is 2.01. The number of benzene rings is 2. The lowest BCUT2D eigenvalue weighted by Crippen LogP contribution is -2.10. The average molecular weight is 384 g/mol. The maximum Gasteiger partial charge on any atom is 0.0440 e. The second kappa shape index (κ2) is 11.7. The van der Waals surface area contributed by atoms with Gasteiger partial charge in [0.05, 0.1) is 0 Å². The fourth-order valence-electron chi connectivity index (χ4n) is 2.35. The minimum absolute atomic E-state index is 0.318. The molecule has 0 fully saturated rings. The van der Waals surface area contributed by atoms with Gasteiger partial charge >= 0.3 is 0 Å². The van der Waals surface area contributed by atoms with Crippen molar-refractivity contribution in [1.29, 1.82) is 0 Å². The molecule has 2 rings (SSSR count). The fraction of sp³-hybridized carbons (Fsp3) is 0.400. The molecular formula is C20H28Cl2NP. The minimum atomic E-state index is 0.318. The Morgan fingerprint density at radius 2 is 1.54 bits per heavy atom. The standard InChI is InChI=1S/C14H16NP.C6H12Cl2/c1-15(2)13-9-5-3-7-11(13)12-8-4-6-10-14(12)16;1-6(8)4-2-3-5-7/h3-10H,16H2,1-2H3;6H,2-5H2,1H3. The molecule has 0 aliphatic rings. The first-order chi connectivity index (χ1) is 11.5. The zero-order valence-electron chi connectivity index (χ0n) is 14.8. The lowest BCUT2D eigenvalue weighted by molar-refractivity contribution is 0.711. The van der Waals surface area contributed by atoms with Gasteiger partial charge in [0, 0.05) is 36.6 Å². The molecule has 132 valence electrons. The molecule has 0 heterocycles. The molecule has 2 unspecified atom stereocenters. The van der Waals surface area contributed by atoms with Crippen molar-refractivity contribution in [2.24, 2.45) is 0 Å².